The predicted octanol–water partition coefficient (Wildman–Crippen LogP) is 4.95. The fraction of sp³-hybridized carbons (Fsp3) is 0.650. The number of carbonyl (C=O) groups is 1. The maximum atomic E-state index is 12.4. The summed E-state index contributed by atoms with van der Waals surface area (Å²) in [6.07, 6.45) is 3.66. The SMILES string of the molecule is Cc1cc(C)c(C)c(SCC(=O)N[C@@H]2CCC[C@H](C)[C@@H]2C)c1C. The van der Waals surface area contributed by atoms with Crippen molar-refractivity contribution < 1.29 is 4.79 Å². The molecule has 0 spiro atoms. The highest BCUT2D eigenvalue weighted by molar-refractivity contribution is 8.00. The normalized spacial score (nSPS) is 24.5. The van der Waals surface area contributed by atoms with Crippen LogP contribution < -0.4 is 5.32 Å². The second kappa shape index (κ2) is 7.74. The van der Waals surface area contributed by atoms with E-state index in [1.165, 1.54) is 40.0 Å². The minimum Gasteiger partial charge on any atom is -0.352 e. The summed E-state index contributed by atoms with van der Waals surface area (Å²) in [5, 5.41) is 3.28. The molecule has 2 rings (SSSR count). The highest BCUT2D eigenvalue weighted by atomic mass is 32.2. The first kappa shape index (κ1) is 18.4. The Labute approximate surface area is 145 Å². The molecule has 1 saturated carbocycles. The lowest BCUT2D eigenvalue weighted by molar-refractivity contribution is -0.119. The lowest BCUT2D eigenvalue weighted by atomic mass is 9.78. The monoisotopic (exact) mass is 333 g/mol. The van der Waals surface area contributed by atoms with Gasteiger partial charge in [-0.05, 0) is 68.2 Å². The molecule has 128 valence electrons. The summed E-state index contributed by atoms with van der Waals surface area (Å²) in [6.45, 7) is 13.2. The predicted molar refractivity (Wildman–Crippen MR) is 100 cm³/mol. The fourth-order valence-corrected chi connectivity index (χ4v) is 4.68. The molecular formula is C20H31NOS. The fourth-order valence-electron chi connectivity index (χ4n) is 3.57. The summed E-state index contributed by atoms with van der Waals surface area (Å²) in [7, 11) is 0. The third kappa shape index (κ3) is 4.32. The molecule has 0 bridgehead atoms. The van der Waals surface area contributed by atoms with Crippen molar-refractivity contribution in [2.45, 2.75) is 71.7 Å². The third-order valence-corrected chi connectivity index (χ3v) is 7.01. The van der Waals surface area contributed by atoms with Crippen molar-refractivity contribution >= 4 is 17.7 Å². The summed E-state index contributed by atoms with van der Waals surface area (Å²) in [4.78, 5) is 13.7. The molecule has 1 aromatic rings. The average molecular weight is 334 g/mol. The molecule has 1 aliphatic rings. The number of carbonyl (C=O) groups excluding carboxylic acids is 1. The van der Waals surface area contributed by atoms with Crippen LogP contribution in [-0.4, -0.2) is 17.7 Å². The minimum absolute atomic E-state index is 0.180. The summed E-state index contributed by atoms with van der Waals surface area (Å²) >= 11 is 1.69. The van der Waals surface area contributed by atoms with Crippen LogP contribution in [0.2, 0.25) is 0 Å². The van der Waals surface area contributed by atoms with Gasteiger partial charge >= 0.3 is 0 Å². The van der Waals surface area contributed by atoms with Crippen molar-refractivity contribution in [1.29, 1.82) is 0 Å². The zero-order chi connectivity index (χ0) is 17.1. The van der Waals surface area contributed by atoms with Crippen LogP contribution in [0.3, 0.4) is 0 Å². The minimum atomic E-state index is 0.180. The summed E-state index contributed by atoms with van der Waals surface area (Å²) in [5.41, 5.74) is 5.24. The number of nitrogens with one attached hydrogen (secondary N) is 1. The number of rotatable bonds is 4. The number of hydrogen-bond donors (Lipinski definition) is 1. The number of benzene rings is 1. The second-order valence-electron chi connectivity index (χ2n) is 7.32. The van der Waals surface area contributed by atoms with Gasteiger partial charge in [-0.15, -0.1) is 11.8 Å². The van der Waals surface area contributed by atoms with Gasteiger partial charge in [0.05, 0.1) is 5.75 Å². The van der Waals surface area contributed by atoms with E-state index < -0.39 is 0 Å². The molecule has 2 nitrogen and oxygen atoms in total. The van der Waals surface area contributed by atoms with Gasteiger partial charge in [0.2, 0.25) is 5.91 Å². The van der Waals surface area contributed by atoms with Gasteiger partial charge in [-0.25, -0.2) is 0 Å². The van der Waals surface area contributed by atoms with Gasteiger partial charge in [-0.2, -0.15) is 0 Å². The average Bonchev–Trinajstić information content (AvgIpc) is 2.50. The third-order valence-electron chi connectivity index (χ3n) is 5.70. The van der Waals surface area contributed by atoms with Gasteiger partial charge in [0.15, 0.2) is 0 Å². The Morgan fingerprint density at radius 1 is 1.13 bits per heavy atom. The highest BCUT2D eigenvalue weighted by Crippen LogP contribution is 2.32. The van der Waals surface area contributed by atoms with E-state index in [4.69, 9.17) is 0 Å². The Balaban J connectivity index is 1.97. The lowest BCUT2D eigenvalue weighted by Gasteiger charge is -2.34. The molecule has 1 aliphatic carbocycles. The van der Waals surface area contributed by atoms with Crippen LogP contribution in [0.15, 0.2) is 11.0 Å². The van der Waals surface area contributed by atoms with Gasteiger partial charge in [0.25, 0.3) is 0 Å². The molecule has 0 unspecified atom stereocenters. The summed E-state index contributed by atoms with van der Waals surface area (Å²) in [6, 6.07) is 2.59. The van der Waals surface area contributed by atoms with E-state index in [-0.39, 0.29) is 5.91 Å². The Morgan fingerprint density at radius 3 is 2.35 bits per heavy atom. The van der Waals surface area contributed by atoms with Gasteiger partial charge in [-0.1, -0.05) is 32.8 Å². The molecule has 0 aromatic heterocycles. The van der Waals surface area contributed by atoms with Gasteiger partial charge in [0.1, 0.15) is 0 Å². The number of hydrogen-bond acceptors (Lipinski definition) is 2. The molecule has 23 heavy (non-hydrogen) atoms. The largest absolute Gasteiger partial charge is 0.352 e. The molecule has 0 heterocycles. The Hall–Kier alpha value is -0.960. The number of aryl methyl sites for hydroxylation is 2. The van der Waals surface area contributed by atoms with Crippen LogP contribution in [-0.2, 0) is 4.79 Å². The zero-order valence-electron chi connectivity index (χ0n) is 15.5. The molecule has 0 aliphatic heterocycles. The van der Waals surface area contributed by atoms with E-state index in [1.54, 1.807) is 11.8 Å². The van der Waals surface area contributed by atoms with E-state index in [2.05, 4.69) is 52.9 Å². The van der Waals surface area contributed by atoms with Crippen molar-refractivity contribution in [3.05, 3.63) is 28.3 Å². The molecule has 0 radical (unpaired) electrons. The van der Waals surface area contributed by atoms with E-state index in [9.17, 15) is 4.79 Å². The molecule has 0 saturated heterocycles. The van der Waals surface area contributed by atoms with Crippen LogP contribution >= 0.6 is 11.8 Å². The van der Waals surface area contributed by atoms with E-state index >= 15 is 0 Å². The molecular weight excluding hydrogens is 302 g/mol. The standard InChI is InChI=1S/C20H31NOS/c1-12-8-7-9-18(15(12)4)21-19(22)11-23-20-16(5)13(2)10-14(3)17(20)6/h10,12,15,18H,7-9,11H2,1-6H3,(H,21,22)/t12-,15-,18+/m0/s1. The zero-order valence-corrected chi connectivity index (χ0v) is 16.3. The first-order valence-corrected chi connectivity index (χ1v) is 9.79. The van der Waals surface area contributed by atoms with E-state index in [0.29, 0.717) is 23.6 Å². The van der Waals surface area contributed by atoms with Crippen LogP contribution in [0.5, 0.6) is 0 Å². The first-order chi connectivity index (χ1) is 10.8. The molecule has 3 heteroatoms. The quantitative estimate of drug-likeness (QED) is 0.790. The van der Waals surface area contributed by atoms with Crippen LogP contribution in [0.1, 0.15) is 55.4 Å². The first-order valence-electron chi connectivity index (χ1n) is 8.80. The molecule has 1 amide bonds. The maximum absolute atomic E-state index is 12.4. The Kier molecular flexibility index (Phi) is 6.19. The maximum Gasteiger partial charge on any atom is 0.230 e. The van der Waals surface area contributed by atoms with Gasteiger partial charge in [-0.3, -0.25) is 4.79 Å². The van der Waals surface area contributed by atoms with Crippen molar-refractivity contribution in [3.63, 3.8) is 0 Å². The van der Waals surface area contributed by atoms with Crippen molar-refractivity contribution in [2.75, 3.05) is 5.75 Å². The molecule has 1 aromatic carbocycles. The molecule has 3 atom stereocenters. The van der Waals surface area contributed by atoms with E-state index in [1.807, 2.05) is 0 Å². The van der Waals surface area contributed by atoms with Gasteiger partial charge in [0, 0.05) is 10.9 Å². The van der Waals surface area contributed by atoms with Gasteiger partial charge < -0.3 is 5.32 Å². The second-order valence-corrected chi connectivity index (χ2v) is 8.31. The molecule has 1 N–H and O–H groups in total. The summed E-state index contributed by atoms with van der Waals surface area (Å²) < 4.78 is 0. The Morgan fingerprint density at radius 2 is 1.74 bits per heavy atom. The molecule has 1 fully saturated rings. The number of thioether (sulfide) groups is 1. The number of amides is 1. The van der Waals surface area contributed by atoms with Crippen molar-refractivity contribution in [2.24, 2.45) is 11.8 Å². The highest BCUT2D eigenvalue weighted by Gasteiger charge is 2.28. The smallest absolute Gasteiger partial charge is 0.230 e. The van der Waals surface area contributed by atoms with Crippen molar-refractivity contribution in [3.8, 4) is 0 Å². The lowest BCUT2D eigenvalue weighted by Crippen LogP contribution is -2.44. The topological polar surface area (TPSA) is 29.1 Å². The van der Waals surface area contributed by atoms with Crippen molar-refractivity contribution in [1.82, 2.24) is 5.32 Å². The van der Waals surface area contributed by atoms with Crippen LogP contribution in [0.25, 0.3) is 0 Å². The van der Waals surface area contributed by atoms with Crippen LogP contribution in [0, 0.1) is 39.5 Å². The van der Waals surface area contributed by atoms with Crippen LogP contribution in [0.4, 0.5) is 0 Å². The van der Waals surface area contributed by atoms with E-state index in [0.717, 1.165) is 6.42 Å². The summed E-state index contributed by atoms with van der Waals surface area (Å²) in [5.74, 6) is 1.99. The Bertz CT molecular complexity index is 555.